The van der Waals surface area contributed by atoms with Crippen LogP contribution in [0, 0.1) is 5.82 Å². The van der Waals surface area contributed by atoms with Crippen molar-refractivity contribution < 1.29 is 14.0 Å². The van der Waals surface area contributed by atoms with Crippen LogP contribution in [0.4, 0.5) is 4.39 Å². The lowest BCUT2D eigenvalue weighted by Crippen LogP contribution is -2.30. The Hall–Kier alpha value is -1.66. The molecule has 124 valence electrons. The molecule has 1 aromatic rings. The number of nitrogens with one attached hydrogen (secondary N) is 3. The molecule has 1 aromatic carbocycles. The summed E-state index contributed by atoms with van der Waals surface area (Å²) in [7, 11) is 1.85. The van der Waals surface area contributed by atoms with Crippen molar-refractivity contribution in [3.05, 3.63) is 35.6 Å². The molecule has 3 N–H and O–H groups in total. The summed E-state index contributed by atoms with van der Waals surface area (Å²) in [6.45, 7) is 1.82. The van der Waals surface area contributed by atoms with E-state index in [0.29, 0.717) is 31.5 Å². The van der Waals surface area contributed by atoms with E-state index in [1.54, 1.807) is 0 Å². The molecule has 0 atom stereocenters. The second-order valence-electron chi connectivity index (χ2n) is 4.67. The zero-order chi connectivity index (χ0) is 15.5. The summed E-state index contributed by atoms with van der Waals surface area (Å²) in [6, 6.07) is 5.38. The summed E-state index contributed by atoms with van der Waals surface area (Å²) in [4.78, 5) is 23.1. The van der Waals surface area contributed by atoms with Crippen LogP contribution in [0.2, 0.25) is 0 Å². The van der Waals surface area contributed by atoms with Gasteiger partial charge in [-0.3, -0.25) is 9.59 Å². The van der Waals surface area contributed by atoms with Gasteiger partial charge in [0.1, 0.15) is 5.82 Å². The Morgan fingerprint density at radius 2 is 1.64 bits per heavy atom. The molecule has 0 radical (unpaired) electrons. The number of rotatable bonds is 9. The Bertz CT molecular complexity index is 455. The molecule has 0 aliphatic heterocycles. The first kappa shape index (κ1) is 20.3. The molecule has 0 aliphatic carbocycles. The van der Waals surface area contributed by atoms with E-state index in [4.69, 9.17) is 0 Å². The second kappa shape index (κ2) is 11.9. The predicted molar refractivity (Wildman–Crippen MR) is 86.8 cm³/mol. The lowest BCUT2D eigenvalue weighted by Gasteiger charge is -2.07. The van der Waals surface area contributed by atoms with Gasteiger partial charge >= 0.3 is 0 Å². The topological polar surface area (TPSA) is 70.2 Å². The first-order chi connectivity index (χ1) is 10.1. The molecule has 0 saturated heterocycles. The third-order valence-corrected chi connectivity index (χ3v) is 2.90. The SMILES string of the molecule is CNCCCC(=O)NCCCNC(=O)c1ccc(F)cc1.Cl. The van der Waals surface area contributed by atoms with Gasteiger partial charge in [-0.05, 0) is 50.7 Å². The highest BCUT2D eigenvalue weighted by molar-refractivity contribution is 5.94. The van der Waals surface area contributed by atoms with Gasteiger partial charge in [0, 0.05) is 25.1 Å². The van der Waals surface area contributed by atoms with Crippen LogP contribution >= 0.6 is 12.4 Å². The van der Waals surface area contributed by atoms with Gasteiger partial charge in [-0.15, -0.1) is 12.4 Å². The van der Waals surface area contributed by atoms with Crippen molar-refractivity contribution in [2.24, 2.45) is 0 Å². The largest absolute Gasteiger partial charge is 0.356 e. The van der Waals surface area contributed by atoms with Crippen LogP contribution in [0.3, 0.4) is 0 Å². The van der Waals surface area contributed by atoms with Crippen molar-refractivity contribution in [2.45, 2.75) is 19.3 Å². The van der Waals surface area contributed by atoms with Crippen LogP contribution in [0.1, 0.15) is 29.6 Å². The normalized spacial score (nSPS) is 9.73. The molecule has 0 fully saturated rings. The molecule has 0 unspecified atom stereocenters. The Labute approximate surface area is 136 Å². The van der Waals surface area contributed by atoms with Gasteiger partial charge in [0.25, 0.3) is 5.91 Å². The van der Waals surface area contributed by atoms with Gasteiger partial charge in [-0.2, -0.15) is 0 Å². The number of benzene rings is 1. The molecule has 0 spiro atoms. The third-order valence-electron chi connectivity index (χ3n) is 2.90. The van der Waals surface area contributed by atoms with Gasteiger partial charge in [-0.1, -0.05) is 0 Å². The highest BCUT2D eigenvalue weighted by Gasteiger charge is 2.04. The molecule has 0 saturated carbocycles. The maximum atomic E-state index is 12.7. The second-order valence-corrected chi connectivity index (χ2v) is 4.67. The van der Waals surface area contributed by atoms with Crippen molar-refractivity contribution in [3.8, 4) is 0 Å². The molecular weight excluding hydrogens is 309 g/mol. The fourth-order valence-electron chi connectivity index (χ4n) is 1.74. The molecule has 22 heavy (non-hydrogen) atoms. The van der Waals surface area contributed by atoms with E-state index in [9.17, 15) is 14.0 Å². The maximum Gasteiger partial charge on any atom is 0.251 e. The summed E-state index contributed by atoms with van der Waals surface area (Å²) in [5, 5.41) is 8.50. The Morgan fingerprint density at radius 1 is 1.00 bits per heavy atom. The quantitative estimate of drug-likeness (QED) is 0.600. The minimum absolute atomic E-state index is 0. The van der Waals surface area contributed by atoms with E-state index in [2.05, 4.69) is 16.0 Å². The van der Waals surface area contributed by atoms with Crippen molar-refractivity contribution in [1.29, 1.82) is 0 Å². The van der Waals surface area contributed by atoms with Gasteiger partial charge < -0.3 is 16.0 Å². The molecular formula is C15H23ClFN3O2. The van der Waals surface area contributed by atoms with E-state index < -0.39 is 0 Å². The van der Waals surface area contributed by atoms with Crippen LogP contribution < -0.4 is 16.0 Å². The molecule has 2 amide bonds. The summed E-state index contributed by atoms with van der Waals surface area (Å²) in [6.07, 6.45) is 1.97. The van der Waals surface area contributed by atoms with Crippen molar-refractivity contribution in [2.75, 3.05) is 26.7 Å². The van der Waals surface area contributed by atoms with E-state index in [1.807, 2.05) is 7.05 Å². The first-order valence-corrected chi connectivity index (χ1v) is 7.08. The van der Waals surface area contributed by atoms with Crippen molar-refractivity contribution >= 4 is 24.2 Å². The fraction of sp³-hybridized carbons (Fsp3) is 0.467. The Morgan fingerprint density at radius 3 is 2.27 bits per heavy atom. The summed E-state index contributed by atoms with van der Waals surface area (Å²) < 4.78 is 12.7. The van der Waals surface area contributed by atoms with Crippen molar-refractivity contribution in [3.63, 3.8) is 0 Å². The zero-order valence-electron chi connectivity index (χ0n) is 12.7. The molecule has 7 heteroatoms. The number of amides is 2. The average Bonchev–Trinajstić information content (AvgIpc) is 2.47. The van der Waals surface area contributed by atoms with Gasteiger partial charge in [0.05, 0.1) is 0 Å². The molecule has 1 rings (SSSR count). The molecule has 0 heterocycles. The Balaban J connectivity index is 0.00000441. The lowest BCUT2D eigenvalue weighted by molar-refractivity contribution is -0.121. The van der Waals surface area contributed by atoms with Gasteiger partial charge in [0.2, 0.25) is 5.91 Å². The maximum absolute atomic E-state index is 12.7. The summed E-state index contributed by atoms with van der Waals surface area (Å²) in [5.74, 6) is -0.585. The van der Waals surface area contributed by atoms with Crippen LogP contribution in [0.5, 0.6) is 0 Å². The number of hydrogen-bond donors (Lipinski definition) is 3. The minimum Gasteiger partial charge on any atom is -0.356 e. The lowest BCUT2D eigenvalue weighted by atomic mass is 10.2. The molecule has 0 aliphatic rings. The minimum atomic E-state index is -0.368. The van der Waals surface area contributed by atoms with E-state index in [0.717, 1.165) is 13.0 Å². The van der Waals surface area contributed by atoms with Gasteiger partial charge in [-0.25, -0.2) is 4.39 Å². The smallest absolute Gasteiger partial charge is 0.251 e. The highest BCUT2D eigenvalue weighted by atomic mass is 35.5. The fourth-order valence-corrected chi connectivity index (χ4v) is 1.74. The van der Waals surface area contributed by atoms with E-state index >= 15 is 0 Å². The Kier molecular flexibility index (Phi) is 11.0. The number of hydrogen-bond acceptors (Lipinski definition) is 3. The van der Waals surface area contributed by atoms with E-state index in [-0.39, 0.29) is 30.0 Å². The van der Waals surface area contributed by atoms with Gasteiger partial charge in [0.15, 0.2) is 0 Å². The molecule has 0 bridgehead atoms. The first-order valence-electron chi connectivity index (χ1n) is 7.08. The van der Waals surface area contributed by atoms with Crippen molar-refractivity contribution in [1.82, 2.24) is 16.0 Å². The van der Waals surface area contributed by atoms with Crippen LogP contribution in [0.25, 0.3) is 0 Å². The van der Waals surface area contributed by atoms with E-state index in [1.165, 1.54) is 24.3 Å². The standard InChI is InChI=1S/C15H22FN3O2.ClH/c1-17-9-2-4-14(20)18-10-3-11-19-15(21)12-5-7-13(16)8-6-12;/h5-8,17H,2-4,9-11H2,1H3,(H,18,20)(H,19,21);1H. The summed E-state index contributed by atoms with van der Waals surface area (Å²) in [5.41, 5.74) is 0.424. The average molecular weight is 332 g/mol. The number of carbonyl (C=O) groups excluding carboxylic acids is 2. The third kappa shape index (κ3) is 8.59. The van der Waals surface area contributed by atoms with Crippen LogP contribution in [-0.2, 0) is 4.79 Å². The zero-order valence-corrected chi connectivity index (χ0v) is 13.5. The highest BCUT2D eigenvalue weighted by Crippen LogP contribution is 2.02. The van der Waals surface area contributed by atoms with Crippen LogP contribution in [-0.4, -0.2) is 38.5 Å². The molecule has 5 nitrogen and oxygen atoms in total. The summed E-state index contributed by atoms with van der Waals surface area (Å²) >= 11 is 0. The number of halogens is 2. The number of carbonyl (C=O) groups is 2. The predicted octanol–water partition coefficient (Wildman–Crippen LogP) is 1.48. The molecule has 0 aromatic heterocycles. The monoisotopic (exact) mass is 331 g/mol. The van der Waals surface area contributed by atoms with Crippen LogP contribution in [0.15, 0.2) is 24.3 Å².